The number of halogens is 2. The molecule has 0 spiro atoms. The normalized spacial score (nSPS) is 11.7. The van der Waals surface area contributed by atoms with E-state index in [1.807, 2.05) is 0 Å². The fourth-order valence-corrected chi connectivity index (χ4v) is 4.75. The van der Waals surface area contributed by atoms with Crippen molar-refractivity contribution in [3.05, 3.63) is 101 Å². The highest BCUT2D eigenvalue weighted by Gasteiger charge is 2.24. The Hall–Kier alpha value is -4.56. The van der Waals surface area contributed by atoms with Gasteiger partial charge in [-0.25, -0.2) is 8.78 Å². The van der Waals surface area contributed by atoms with Crippen LogP contribution in [0.1, 0.15) is 45.7 Å². The van der Waals surface area contributed by atoms with Crippen molar-refractivity contribution >= 4 is 39.3 Å². The quantitative estimate of drug-likeness (QED) is 0.226. The molecule has 0 fully saturated rings. The first-order chi connectivity index (χ1) is 18.0. The topological polar surface area (TPSA) is 108 Å². The molecule has 0 atom stereocenters. The Morgan fingerprint density at radius 2 is 1.74 bits per heavy atom. The number of aromatic nitrogens is 1. The van der Waals surface area contributed by atoms with Gasteiger partial charge in [0.1, 0.15) is 11.6 Å². The molecule has 4 aromatic carbocycles. The van der Waals surface area contributed by atoms with Crippen molar-refractivity contribution in [2.75, 3.05) is 5.32 Å². The molecule has 0 radical (unpaired) electrons. The predicted octanol–water partition coefficient (Wildman–Crippen LogP) is 6.15. The molecule has 0 aliphatic heterocycles. The molecule has 192 valence electrons. The van der Waals surface area contributed by atoms with E-state index in [1.165, 1.54) is 18.2 Å². The van der Waals surface area contributed by atoms with E-state index in [2.05, 4.69) is 10.3 Å². The molecule has 8 heteroatoms. The third kappa shape index (κ3) is 4.29. The molecule has 1 heterocycles. The molecule has 2 amide bonds. The fraction of sp³-hybridized carbons (Fsp3) is 0.133. The van der Waals surface area contributed by atoms with Gasteiger partial charge in [-0.05, 0) is 73.9 Å². The molecule has 0 saturated heterocycles. The summed E-state index contributed by atoms with van der Waals surface area (Å²) in [6.45, 7) is 5.05. The zero-order valence-corrected chi connectivity index (χ0v) is 20.9. The average molecular weight is 514 g/mol. The number of aliphatic hydroxyl groups is 1. The van der Waals surface area contributed by atoms with Crippen LogP contribution in [0.25, 0.3) is 32.9 Å². The summed E-state index contributed by atoms with van der Waals surface area (Å²) >= 11 is 0. The van der Waals surface area contributed by atoms with Gasteiger partial charge in [-0.1, -0.05) is 30.3 Å². The summed E-state index contributed by atoms with van der Waals surface area (Å²) < 4.78 is 29.4. The van der Waals surface area contributed by atoms with E-state index in [-0.39, 0.29) is 16.7 Å². The van der Waals surface area contributed by atoms with Gasteiger partial charge in [-0.15, -0.1) is 0 Å². The predicted molar refractivity (Wildman–Crippen MR) is 144 cm³/mol. The molecule has 0 bridgehead atoms. The number of carbonyl (C=O) groups is 2. The minimum atomic E-state index is -1.11. The highest BCUT2D eigenvalue weighted by atomic mass is 19.1. The molecule has 6 nitrogen and oxygen atoms in total. The summed E-state index contributed by atoms with van der Waals surface area (Å²) in [7, 11) is 0. The Kier molecular flexibility index (Phi) is 6.00. The second-order valence-electron chi connectivity index (χ2n) is 9.78. The number of rotatable bonds is 5. The van der Waals surface area contributed by atoms with Crippen LogP contribution in [0.2, 0.25) is 0 Å². The van der Waals surface area contributed by atoms with Gasteiger partial charge in [0, 0.05) is 33.1 Å². The van der Waals surface area contributed by atoms with Crippen LogP contribution in [0.4, 0.5) is 14.5 Å². The summed E-state index contributed by atoms with van der Waals surface area (Å²) in [5.41, 5.74) is 7.94. The standard InChI is InChI=1S/C30H25F2N3O3/c1-15-19(8-5-9-23(15)35-29(37)16-6-4-7-18(31)12-16)25-22(32)14-21(28(33)36)27-26(25)20-11-10-17(30(2,3)38)13-24(20)34-27/h4-14,34,38H,1-3H3,(H2,33,36)(H,35,37). The molecule has 0 saturated carbocycles. The molecule has 0 aliphatic rings. The molecule has 1 aromatic heterocycles. The van der Waals surface area contributed by atoms with Gasteiger partial charge in [0.25, 0.3) is 11.8 Å². The number of fused-ring (bicyclic) bond motifs is 3. The third-order valence-electron chi connectivity index (χ3n) is 6.74. The number of hydrogen-bond donors (Lipinski definition) is 4. The summed E-state index contributed by atoms with van der Waals surface area (Å²) in [6, 6.07) is 16.8. The maximum absolute atomic E-state index is 15.8. The highest BCUT2D eigenvalue weighted by Crippen LogP contribution is 2.41. The van der Waals surface area contributed by atoms with E-state index >= 15 is 4.39 Å². The zero-order valence-electron chi connectivity index (χ0n) is 20.9. The summed E-state index contributed by atoms with van der Waals surface area (Å²) in [5.74, 6) is -2.49. The first-order valence-electron chi connectivity index (χ1n) is 11.9. The van der Waals surface area contributed by atoms with Gasteiger partial charge >= 0.3 is 0 Å². The Morgan fingerprint density at radius 1 is 1.00 bits per heavy atom. The first-order valence-corrected chi connectivity index (χ1v) is 11.9. The summed E-state index contributed by atoms with van der Waals surface area (Å²) in [6.07, 6.45) is 0. The lowest BCUT2D eigenvalue weighted by molar-refractivity contribution is 0.0787. The minimum absolute atomic E-state index is 0.00419. The number of carbonyl (C=O) groups excluding carboxylic acids is 2. The van der Waals surface area contributed by atoms with Crippen molar-refractivity contribution in [2.45, 2.75) is 26.4 Å². The van der Waals surface area contributed by atoms with E-state index in [0.717, 1.165) is 12.1 Å². The fourth-order valence-electron chi connectivity index (χ4n) is 4.75. The smallest absolute Gasteiger partial charge is 0.255 e. The lowest BCUT2D eigenvalue weighted by Crippen LogP contribution is -2.14. The van der Waals surface area contributed by atoms with Crippen LogP contribution in [0, 0.1) is 18.6 Å². The van der Waals surface area contributed by atoms with Crippen LogP contribution in [0.5, 0.6) is 0 Å². The van der Waals surface area contributed by atoms with E-state index in [1.54, 1.807) is 57.2 Å². The van der Waals surface area contributed by atoms with Crippen LogP contribution < -0.4 is 11.1 Å². The van der Waals surface area contributed by atoms with Crippen LogP contribution >= 0.6 is 0 Å². The Bertz CT molecular complexity index is 1770. The van der Waals surface area contributed by atoms with Gasteiger partial charge < -0.3 is 21.1 Å². The van der Waals surface area contributed by atoms with Crippen LogP contribution in [0.15, 0.2) is 66.7 Å². The Balaban J connectivity index is 1.72. The zero-order chi connectivity index (χ0) is 27.4. The number of nitrogens with one attached hydrogen (secondary N) is 2. The van der Waals surface area contributed by atoms with Crippen molar-refractivity contribution in [3.8, 4) is 11.1 Å². The molecule has 0 unspecified atom stereocenters. The Morgan fingerprint density at radius 3 is 2.42 bits per heavy atom. The number of nitrogens with two attached hydrogens (primary N) is 1. The number of hydrogen-bond acceptors (Lipinski definition) is 3. The van der Waals surface area contributed by atoms with E-state index in [0.29, 0.717) is 44.2 Å². The van der Waals surface area contributed by atoms with Crippen molar-refractivity contribution in [1.82, 2.24) is 4.98 Å². The molecule has 38 heavy (non-hydrogen) atoms. The largest absolute Gasteiger partial charge is 0.386 e. The second kappa shape index (κ2) is 9.08. The molecular formula is C30H25F2N3O3. The van der Waals surface area contributed by atoms with Crippen molar-refractivity contribution < 1.29 is 23.5 Å². The van der Waals surface area contributed by atoms with E-state index < -0.39 is 29.0 Å². The molecule has 0 aliphatic carbocycles. The van der Waals surface area contributed by atoms with Gasteiger partial charge in [0.15, 0.2) is 0 Å². The van der Waals surface area contributed by atoms with E-state index in [4.69, 9.17) is 5.73 Å². The van der Waals surface area contributed by atoms with Crippen LogP contribution in [-0.4, -0.2) is 21.9 Å². The van der Waals surface area contributed by atoms with Crippen molar-refractivity contribution in [2.24, 2.45) is 5.73 Å². The molecule has 5 N–H and O–H groups in total. The van der Waals surface area contributed by atoms with E-state index in [9.17, 15) is 19.1 Å². The maximum Gasteiger partial charge on any atom is 0.255 e. The highest BCUT2D eigenvalue weighted by molar-refractivity contribution is 6.20. The number of amides is 2. The monoisotopic (exact) mass is 513 g/mol. The minimum Gasteiger partial charge on any atom is -0.386 e. The van der Waals surface area contributed by atoms with Gasteiger partial charge in [-0.3, -0.25) is 9.59 Å². The Labute approximate surface area is 217 Å². The average Bonchev–Trinajstić information content (AvgIpc) is 3.23. The van der Waals surface area contributed by atoms with Gasteiger partial charge in [-0.2, -0.15) is 0 Å². The summed E-state index contributed by atoms with van der Waals surface area (Å²) in [5, 5.41) is 14.3. The van der Waals surface area contributed by atoms with Gasteiger partial charge in [0.05, 0.1) is 16.7 Å². The maximum atomic E-state index is 15.8. The lowest BCUT2D eigenvalue weighted by atomic mass is 9.91. The number of benzene rings is 4. The van der Waals surface area contributed by atoms with Crippen LogP contribution in [0.3, 0.4) is 0 Å². The summed E-state index contributed by atoms with van der Waals surface area (Å²) in [4.78, 5) is 28.2. The van der Waals surface area contributed by atoms with Crippen molar-refractivity contribution in [1.29, 1.82) is 0 Å². The lowest BCUT2D eigenvalue weighted by Gasteiger charge is -2.17. The van der Waals surface area contributed by atoms with Crippen LogP contribution in [-0.2, 0) is 5.60 Å². The second-order valence-corrected chi connectivity index (χ2v) is 9.78. The third-order valence-corrected chi connectivity index (χ3v) is 6.74. The number of aromatic amines is 1. The molecule has 5 aromatic rings. The van der Waals surface area contributed by atoms with Gasteiger partial charge in [0.2, 0.25) is 0 Å². The molecule has 5 rings (SSSR count). The molecular weight excluding hydrogens is 488 g/mol. The first kappa shape index (κ1) is 25.1. The number of anilines is 1. The van der Waals surface area contributed by atoms with Crippen molar-refractivity contribution in [3.63, 3.8) is 0 Å². The number of primary amides is 1. The SMILES string of the molecule is Cc1c(NC(=O)c2cccc(F)c2)cccc1-c1c(F)cc(C(N)=O)c2[nH]c3cc(C(C)(C)O)ccc3c12. The number of H-pyrrole nitrogens is 1.